The molecule has 0 aliphatic heterocycles. The van der Waals surface area contributed by atoms with Crippen LogP contribution in [0.15, 0.2) is 12.4 Å². The fraction of sp³-hybridized carbons (Fsp3) is 0.636. The molecular formula is C11H20N4O. The summed E-state index contributed by atoms with van der Waals surface area (Å²) in [6, 6.07) is 2.19. The number of nitrogens with one attached hydrogen (secondary N) is 2. The molecule has 0 radical (unpaired) electrons. The summed E-state index contributed by atoms with van der Waals surface area (Å²) >= 11 is 0. The minimum atomic E-state index is 0.235. The van der Waals surface area contributed by atoms with Crippen molar-refractivity contribution in [3.8, 4) is 0 Å². The fourth-order valence-electron chi connectivity index (χ4n) is 1.44. The maximum atomic E-state index is 8.73. The van der Waals surface area contributed by atoms with E-state index in [1.807, 2.05) is 13.0 Å². The molecule has 16 heavy (non-hydrogen) atoms. The number of aliphatic hydroxyl groups is 1. The van der Waals surface area contributed by atoms with Crippen LogP contribution in [0.25, 0.3) is 0 Å². The largest absolute Gasteiger partial charge is 0.396 e. The lowest BCUT2D eigenvalue weighted by Gasteiger charge is -2.14. The SMILES string of the molecule is CCNc1cc(NC(C)CCCO)ncn1. The molecule has 0 amide bonds. The molecule has 0 spiro atoms. The summed E-state index contributed by atoms with van der Waals surface area (Å²) in [7, 11) is 0. The van der Waals surface area contributed by atoms with E-state index < -0.39 is 0 Å². The molecule has 1 aromatic heterocycles. The monoisotopic (exact) mass is 224 g/mol. The number of hydrogen-bond donors (Lipinski definition) is 3. The zero-order valence-corrected chi connectivity index (χ0v) is 9.90. The maximum Gasteiger partial charge on any atom is 0.131 e. The van der Waals surface area contributed by atoms with Crippen LogP contribution in [0.4, 0.5) is 11.6 Å². The first-order valence-corrected chi connectivity index (χ1v) is 5.69. The summed E-state index contributed by atoms with van der Waals surface area (Å²) < 4.78 is 0. The average Bonchev–Trinajstić information content (AvgIpc) is 2.27. The first-order chi connectivity index (χ1) is 7.76. The first-order valence-electron chi connectivity index (χ1n) is 5.69. The lowest BCUT2D eigenvalue weighted by molar-refractivity contribution is 0.282. The summed E-state index contributed by atoms with van der Waals surface area (Å²) in [6.07, 6.45) is 3.27. The van der Waals surface area contributed by atoms with Gasteiger partial charge in [-0.15, -0.1) is 0 Å². The van der Waals surface area contributed by atoms with Crippen molar-refractivity contribution >= 4 is 11.6 Å². The van der Waals surface area contributed by atoms with Crippen molar-refractivity contribution in [1.82, 2.24) is 9.97 Å². The summed E-state index contributed by atoms with van der Waals surface area (Å²) in [5, 5.41) is 15.1. The zero-order valence-electron chi connectivity index (χ0n) is 9.90. The van der Waals surface area contributed by atoms with E-state index in [1.54, 1.807) is 6.33 Å². The van der Waals surface area contributed by atoms with Crippen molar-refractivity contribution in [2.75, 3.05) is 23.8 Å². The summed E-state index contributed by atoms with van der Waals surface area (Å²) in [5.41, 5.74) is 0. The van der Waals surface area contributed by atoms with Gasteiger partial charge in [0.05, 0.1) is 0 Å². The molecule has 0 aromatic carbocycles. The van der Waals surface area contributed by atoms with Crippen molar-refractivity contribution in [2.24, 2.45) is 0 Å². The standard InChI is InChI=1S/C11H20N4O/c1-3-12-10-7-11(14-8-13-10)15-9(2)5-4-6-16/h7-9,16H,3-6H2,1-2H3,(H2,12,13,14,15). The molecule has 1 unspecified atom stereocenters. The molecule has 0 fully saturated rings. The van der Waals surface area contributed by atoms with Gasteiger partial charge in [0.25, 0.3) is 0 Å². The number of aromatic nitrogens is 2. The van der Waals surface area contributed by atoms with E-state index in [2.05, 4.69) is 27.5 Å². The molecule has 0 aliphatic carbocycles. The fourth-order valence-corrected chi connectivity index (χ4v) is 1.44. The number of hydrogen-bond acceptors (Lipinski definition) is 5. The number of anilines is 2. The number of nitrogens with zero attached hydrogens (tertiary/aromatic N) is 2. The van der Waals surface area contributed by atoms with Crippen molar-refractivity contribution in [1.29, 1.82) is 0 Å². The Morgan fingerprint density at radius 3 is 2.81 bits per heavy atom. The molecule has 5 heteroatoms. The summed E-state index contributed by atoms with van der Waals surface area (Å²) in [5.74, 6) is 1.64. The normalized spacial score (nSPS) is 12.2. The van der Waals surface area contributed by atoms with Crippen molar-refractivity contribution in [2.45, 2.75) is 32.7 Å². The van der Waals surface area contributed by atoms with Gasteiger partial charge in [0.2, 0.25) is 0 Å². The van der Waals surface area contributed by atoms with Gasteiger partial charge >= 0.3 is 0 Å². The number of rotatable bonds is 7. The van der Waals surface area contributed by atoms with Gasteiger partial charge in [-0.3, -0.25) is 0 Å². The Hall–Kier alpha value is -1.36. The molecule has 5 nitrogen and oxygen atoms in total. The predicted molar refractivity (Wildman–Crippen MR) is 65.6 cm³/mol. The quantitative estimate of drug-likeness (QED) is 0.654. The molecule has 0 bridgehead atoms. The smallest absolute Gasteiger partial charge is 0.131 e. The Balaban J connectivity index is 2.49. The Labute approximate surface area is 96.3 Å². The molecule has 90 valence electrons. The van der Waals surface area contributed by atoms with Gasteiger partial charge in [-0.25, -0.2) is 9.97 Å². The van der Waals surface area contributed by atoms with E-state index >= 15 is 0 Å². The second-order valence-electron chi connectivity index (χ2n) is 3.73. The van der Waals surface area contributed by atoms with Crippen molar-refractivity contribution in [3.63, 3.8) is 0 Å². The predicted octanol–water partition coefficient (Wildman–Crippen LogP) is 1.48. The molecule has 0 aliphatic rings. The summed E-state index contributed by atoms with van der Waals surface area (Å²) in [4.78, 5) is 8.24. The van der Waals surface area contributed by atoms with Crippen LogP contribution < -0.4 is 10.6 Å². The van der Waals surface area contributed by atoms with E-state index in [-0.39, 0.29) is 6.61 Å². The maximum absolute atomic E-state index is 8.73. The lowest BCUT2D eigenvalue weighted by Crippen LogP contribution is -2.16. The van der Waals surface area contributed by atoms with E-state index in [4.69, 9.17) is 5.11 Å². The molecule has 1 atom stereocenters. The van der Waals surface area contributed by atoms with Crippen LogP contribution >= 0.6 is 0 Å². The summed E-state index contributed by atoms with van der Waals surface area (Å²) in [6.45, 7) is 5.18. The third-order valence-corrected chi connectivity index (χ3v) is 2.21. The minimum absolute atomic E-state index is 0.235. The van der Waals surface area contributed by atoms with Gasteiger partial charge in [-0.1, -0.05) is 0 Å². The highest BCUT2D eigenvalue weighted by Gasteiger charge is 2.03. The highest BCUT2D eigenvalue weighted by Crippen LogP contribution is 2.11. The Bertz CT molecular complexity index is 306. The topological polar surface area (TPSA) is 70.1 Å². The van der Waals surface area contributed by atoms with Gasteiger partial charge in [0, 0.05) is 25.3 Å². The second kappa shape index (κ2) is 7.00. The second-order valence-corrected chi connectivity index (χ2v) is 3.73. The van der Waals surface area contributed by atoms with E-state index in [9.17, 15) is 0 Å². The van der Waals surface area contributed by atoms with Crippen LogP contribution in [-0.2, 0) is 0 Å². The molecular weight excluding hydrogens is 204 g/mol. The first kappa shape index (κ1) is 12.7. The Kier molecular flexibility index (Phi) is 5.56. The number of aliphatic hydroxyl groups excluding tert-OH is 1. The Morgan fingerprint density at radius 1 is 1.38 bits per heavy atom. The average molecular weight is 224 g/mol. The van der Waals surface area contributed by atoms with Crippen LogP contribution in [0.1, 0.15) is 26.7 Å². The highest BCUT2D eigenvalue weighted by molar-refractivity contribution is 5.46. The zero-order chi connectivity index (χ0) is 11.8. The van der Waals surface area contributed by atoms with Gasteiger partial charge in [0.1, 0.15) is 18.0 Å². The lowest BCUT2D eigenvalue weighted by atomic mass is 10.2. The van der Waals surface area contributed by atoms with E-state index in [0.29, 0.717) is 6.04 Å². The third-order valence-electron chi connectivity index (χ3n) is 2.21. The molecule has 1 aromatic rings. The van der Waals surface area contributed by atoms with Crippen LogP contribution in [0.5, 0.6) is 0 Å². The van der Waals surface area contributed by atoms with Gasteiger partial charge in [-0.2, -0.15) is 0 Å². The van der Waals surface area contributed by atoms with E-state index in [1.165, 1.54) is 0 Å². The van der Waals surface area contributed by atoms with Gasteiger partial charge < -0.3 is 15.7 Å². The molecule has 0 saturated heterocycles. The Morgan fingerprint density at radius 2 is 2.12 bits per heavy atom. The molecule has 1 rings (SSSR count). The van der Waals surface area contributed by atoms with Crippen LogP contribution in [0, 0.1) is 0 Å². The molecule has 0 saturated carbocycles. The van der Waals surface area contributed by atoms with Crippen molar-refractivity contribution < 1.29 is 5.11 Å². The molecule has 1 heterocycles. The van der Waals surface area contributed by atoms with Gasteiger partial charge in [-0.05, 0) is 26.7 Å². The molecule has 3 N–H and O–H groups in total. The minimum Gasteiger partial charge on any atom is -0.396 e. The van der Waals surface area contributed by atoms with E-state index in [0.717, 1.165) is 31.0 Å². The van der Waals surface area contributed by atoms with Gasteiger partial charge in [0.15, 0.2) is 0 Å². The van der Waals surface area contributed by atoms with Crippen LogP contribution in [0.3, 0.4) is 0 Å². The third kappa shape index (κ3) is 4.44. The van der Waals surface area contributed by atoms with Crippen molar-refractivity contribution in [3.05, 3.63) is 12.4 Å². The van der Waals surface area contributed by atoms with Crippen LogP contribution in [-0.4, -0.2) is 34.3 Å². The van der Waals surface area contributed by atoms with Crippen LogP contribution in [0.2, 0.25) is 0 Å². The highest BCUT2D eigenvalue weighted by atomic mass is 16.2.